The Hall–Kier alpha value is -1.34. The average molecular weight is 204 g/mol. The Balaban J connectivity index is 3.22. The third-order valence-electron chi connectivity index (χ3n) is 1.24. The normalized spacial score (nSPS) is 9.50. The van der Waals surface area contributed by atoms with Gasteiger partial charge >= 0.3 is 6.03 Å². The van der Waals surface area contributed by atoms with Crippen molar-refractivity contribution in [3.05, 3.63) is 0 Å². The van der Waals surface area contributed by atoms with Gasteiger partial charge in [0, 0.05) is 19.6 Å². The molecule has 6 N–H and O–H groups in total. The molecule has 0 aromatic carbocycles. The van der Waals surface area contributed by atoms with E-state index in [1.165, 1.54) is 0 Å². The lowest BCUT2D eigenvalue weighted by molar-refractivity contribution is -0.125. The van der Waals surface area contributed by atoms with Gasteiger partial charge in [0.05, 0.1) is 6.61 Å². The number of nitrogens with two attached hydrogens (primary N) is 2. The lowest BCUT2D eigenvalue weighted by Crippen LogP contribution is -2.38. The molecule has 0 rings (SSSR count). The van der Waals surface area contributed by atoms with Gasteiger partial charge in [0.1, 0.15) is 6.61 Å². The summed E-state index contributed by atoms with van der Waals surface area (Å²) in [4.78, 5) is 21.2. The minimum Gasteiger partial charge on any atom is -0.370 e. The number of carbonyl (C=O) groups is 2. The van der Waals surface area contributed by atoms with E-state index in [1.807, 2.05) is 0 Å². The Labute approximate surface area is 82.1 Å². The van der Waals surface area contributed by atoms with Crippen molar-refractivity contribution in [2.45, 2.75) is 0 Å². The van der Waals surface area contributed by atoms with E-state index in [-0.39, 0.29) is 12.5 Å². The highest BCUT2D eigenvalue weighted by Crippen LogP contribution is 1.72. The van der Waals surface area contributed by atoms with E-state index in [9.17, 15) is 9.59 Å². The Bertz CT molecular complexity index is 186. The number of amides is 3. The molecular formula is C7H16N4O3. The summed E-state index contributed by atoms with van der Waals surface area (Å²) in [6.07, 6.45) is 0. The quantitative estimate of drug-likeness (QED) is 0.350. The first kappa shape index (κ1) is 12.7. The molecule has 0 fully saturated rings. The number of urea groups is 1. The van der Waals surface area contributed by atoms with Crippen LogP contribution in [-0.4, -0.2) is 44.8 Å². The molecule has 7 nitrogen and oxygen atoms in total. The van der Waals surface area contributed by atoms with Gasteiger partial charge in [0.25, 0.3) is 0 Å². The van der Waals surface area contributed by atoms with Crippen LogP contribution in [0.3, 0.4) is 0 Å². The second kappa shape index (κ2) is 8.27. The molecule has 0 radical (unpaired) electrons. The van der Waals surface area contributed by atoms with Gasteiger partial charge in [0.2, 0.25) is 5.91 Å². The lowest BCUT2D eigenvalue weighted by Gasteiger charge is -2.05. The predicted molar refractivity (Wildman–Crippen MR) is 50.5 cm³/mol. The highest BCUT2D eigenvalue weighted by molar-refractivity contribution is 5.77. The van der Waals surface area contributed by atoms with E-state index in [0.29, 0.717) is 26.2 Å². The Morgan fingerprint density at radius 2 is 1.86 bits per heavy atom. The first-order chi connectivity index (χ1) is 6.66. The molecule has 0 aromatic rings. The summed E-state index contributed by atoms with van der Waals surface area (Å²) in [6, 6.07) is -0.612. The van der Waals surface area contributed by atoms with Gasteiger partial charge in [-0.3, -0.25) is 4.79 Å². The molecule has 0 saturated heterocycles. The molecule has 0 spiro atoms. The van der Waals surface area contributed by atoms with Gasteiger partial charge in [0.15, 0.2) is 0 Å². The van der Waals surface area contributed by atoms with E-state index in [1.54, 1.807) is 0 Å². The van der Waals surface area contributed by atoms with Crippen LogP contribution in [0.25, 0.3) is 0 Å². The molecule has 0 atom stereocenters. The van der Waals surface area contributed by atoms with Crippen LogP contribution in [0.15, 0.2) is 0 Å². The van der Waals surface area contributed by atoms with Crippen molar-refractivity contribution >= 4 is 11.9 Å². The number of nitrogens with one attached hydrogen (secondary N) is 2. The van der Waals surface area contributed by atoms with Crippen LogP contribution in [0.1, 0.15) is 0 Å². The van der Waals surface area contributed by atoms with Gasteiger partial charge in [-0.2, -0.15) is 0 Å². The number of carbonyl (C=O) groups excluding carboxylic acids is 2. The van der Waals surface area contributed by atoms with Gasteiger partial charge in [-0.15, -0.1) is 0 Å². The Kier molecular flexibility index (Phi) is 7.48. The van der Waals surface area contributed by atoms with Gasteiger partial charge in [-0.05, 0) is 0 Å². The zero-order valence-corrected chi connectivity index (χ0v) is 7.91. The highest BCUT2D eigenvalue weighted by atomic mass is 16.5. The minimum absolute atomic E-state index is 0.0201. The maximum Gasteiger partial charge on any atom is 0.312 e. The molecule has 82 valence electrons. The Morgan fingerprint density at radius 3 is 2.43 bits per heavy atom. The SMILES string of the molecule is NCCOCC(=O)NCCNC(N)=O. The van der Waals surface area contributed by atoms with Crippen molar-refractivity contribution in [1.29, 1.82) is 0 Å². The van der Waals surface area contributed by atoms with Gasteiger partial charge < -0.3 is 26.8 Å². The number of rotatable bonds is 7. The van der Waals surface area contributed by atoms with Gasteiger partial charge in [-0.1, -0.05) is 0 Å². The molecule has 0 aliphatic rings. The fraction of sp³-hybridized carbons (Fsp3) is 0.714. The molecule has 0 unspecified atom stereocenters. The maximum atomic E-state index is 10.9. The summed E-state index contributed by atoms with van der Waals surface area (Å²) >= 11 is 0. The second-order valence-electron chi connectivity index (χ2n) is 2.48. The molecule has 0 aromatic heterocycles. The molecule has 3 amide bonds. The zero-order chi connectivity index (χ0) is 10.8. The van der Waals surface area contributed by atoms with Crippen molar-refractivity contribution in [2.75, 3.05) is 32.8 Å². The average Bonchev–Trinajstić information content (AvgIpc) is 2.13. The number of primary amides is 1. The predicted octanol–water partition coefficient (Wildman–Crippen LogP) is -2.25. The van der Waals surface area contributed by atoms with E-state index in [2.05, 4.69) is 10.6 Å². The standard InChI is InChI=1S/C7H16N4O3/c8-1-4-14-5-6(12)10-2-3-11-7(9)13/h1-5,8H2,(H,10,12)(H3,9,11,13). The first-order valence-electron chi connectivity index (χ1n) is 4.24. The summed E-state index contributed by atoms with van der Waals surface area (Å²) < 4.78 is 4.87. The van der Waals surface area contributed by atoms with Crippen LogP contribution >= 0.6 is 0 Å². The summed E-state index contributed by atoms with van der Waals surface area (Å²) in [6.45, 7) is 1.35. The first-order valence-corrected chi connectivity index (χ1v) is 4.24. The maximum absolute atomic E-state index is 10.9. The summed E-state index contributed by atoms with van der Waals surface area (Å²) in [5.74, 6) is -0.246. The van der Waals surface area contributed by atoms with Crippen LogP contribution in [0, 0.1) is 0 Å². The van der Waals surface area contributed by atoms with Gasteiger partial charge in [-0.25, -0.2) is 4.79 Å². The van der Waals surface area contributed by atoms with Crippen LogP contribution < -0.4 is 22.1 Å². The van der Waals surface area contributed by atoms with Crippen LogP contribution in [0.2, 0.25) is 0 Å². The van der Waals surface area contributed by atoms with Crippen molar-refractivity contribution in [3.63, 3.8) is 0 Å². The number of ether oxygens (including phenoxy) is 1. The molecule has 0 aliphatic carbocycles. The largest absolute Gasteiger partial charge is 0.370 e. The summed E-state index contributed by atoms with van der Waals surface area (Å²) in [5.41, 5.74) is 9.96. The smallest absolute Gasteiger partial charge is 0.312 e. The molecule has 0 bridgehead atoms. The van der Waals surface area contributed by atoms with Crippen LogP contribution in [0.5, 0.6) is 0 Å². The third kappa shape index (κ3) is 8.75. The molecule has 0 saturated carbocycles. The zero-order valence-electron chi connectivity index (χ0n) is 7.91. The third-order valence-corrected chi connectivity index (χ3v) is 1.24. The molecule has 0 aliphatic heterocycles. The van der Waals surface area contributed by atoms with E-state index in [0.717, 1.165) is 0 Å². The van der Waals surface area contributed by atoms with E-state index in [4.69, 9.17) is 16.2 Å². The van der Waals surface area contributed by atoms with Crippen LogP contribution in [-0.2, 0) is 9.53 Å². The van der Waals surface area contributed by atoms with Crippen LogP contribution in [0.4, 0.5) is 4.79 Å². The minimum atomic E-state index is -0.612. The number of hydrogen-bond donors (Lipinski definition) is 4. The molecular weight excluding hydrogens is 188 g/mol. The van der Waals surface area contributed by atoms with Crippen molar-refractivity contribution in [3.8, 4) is 0 Å². The van der Waals surface area contributed by atoms with Crippen molar-refractivity contribution in [2.24, 2.45) is 11.5 Å². The molecule has 7 heteroatoms. The fourth-order valence-electron chi connectivity index (χ4n) is 0.687. The summed E-state index contributed by atoms with van der Waals surface area (Å²) in [7, 11) is 0. The lowest BCUT2D eigenvalue weighted by atomic mass is 10.5. The molecule has 14 heavy (non-hydrogen) atoms. The topological polar surface area (TPSA) is 119 Å². The van der Waals surface area contributed by atoms with E-state index < -0.39 is 6.03 Å². The van der Waals surface area contributed by atoms with E-state index >= 15 is 0 Å². The summed E-state index contributed by atoms with van der Waals surface area (Å²) in [5, 5.41) is 4.85. The Morgan fingerprint density at radius 1 is 1.21 bits per heavy atom. The highest BCUT2D eigenvalue weighted by Gasteiger charge is 1.99. The number of hydrogen-bond acceptors (Lipinski definition) is 4. The monoisotopic (exact) mass is 204 g/mol. The molecule has 0 heterocycles. The fourth-order valence-corrected chi connectivity index (χ4v) is 0.687. The van der Waals surface area contributed by atoms with Crippen molar-refractivity contribution in [1.82, 2.24) is 10.6 Å². The van der Waals surface area contributed by atoms with Crippen molar-refractivity contribution < 1.29 is 14.3 Å². The second-order valence-corrected chi connectivity index (χ2v) is 2.48.